The molecule has 6 heteroatoms. The molecule has 0 saturated carbocycles. The summed E-state index contributed by atoms with van der Waals surface area (Å²) in [5.41, 5.74) is -0.928. The number of nitrogens with zero attached hydrogens (tertiary/aromatic N) is 1. The molecule has 0 aliphatic heterocycles. The standard InChI is InChI=1S/C17H20NO4.K/c1-3-5-8-11-18-13-10-7-6-9-12(13)15(19)14(16(18)20)17(21)22-4-2;/h6-7,9-10H,3-5,8,11H2,1-2H3;/q-1;+1. The third-order valence-corrected chi connectivity index (χ3v) is 3.59. The molecule has 23 heavy (non-hydrogen) atoms. The van der Waals surface area contributed by atoms with Gasteiger partial charge in [0, 0.05) is 17.5 Å². The van der Waals surface area contributed by atoms with Gasteiger partial charge in [0.25, 0.3) is 5.97 Å². The first-order chi connectivity index (χ1) is 10.6. The van der Waals surface area contributed by atoms with Gasteiger partial charge in [0.15, 0.2) is 5.56 Å². The van der Waals surface area contributed by atoms with Crippen LogP contribution in [0.2, 0.25) is 0 Å². The summed E-state index contributed by atoms with van der Waals surface area (Å²) >= 11 is 0. The predicted octanol–water partition coefficient (Wildman–Crippen LogP) is -0.548. The Bertz CT molecular complexity index is 791. The Labute approximate surface area is 177 Å². The maximum absolute atomic E-state index is 12.6. The van der Waals surface area contributed by atoms with Crippen molar-refractivity contribution in [2.24, 2.45) is 0 Å². The number of para-hydroxylation sites is 1. The number of rotatable bonds is 6. The van der Waals surface area contributed by atoms with Gasteiger partial charge in [-0.25, -0.2) is 0 Å². The zero-order valence-electron chi connectivity index (χ0n) is 13.9. The first-order valence-corrected chi connectivity index (χ1v) is 7.61. The van der Waals surface area contributed by atoms with Crippen LogP contribution in [0, 0.1) is 0 Å². The number of hydrogen-bond donors (Lipinski definition) is 0. The number of aromatic nitrogens is 1. The quantitative estimate of drug-likeness (QED) is 0.306. The molecule has 0 N–H and O–H groups in total. The molecule has 0 atom stereocenters. The van der Waals surface area contributed by atoms with Gasteiger partial charge in [0.1, 0.15) is 0 Å². The monoisotopic (exact) mass is 341 g/mol. The van der Waals surface area contributed by atoms with Crippen LogP contribution >= 0.6 is 0 Å². The van der Waals surface area contributed by atoms with E-state index in [0.717, 1.165) is 19.3 Å². The minimum absolute atomic E-state index is 0. The van der Waals surface area contributed by atoms with E-state index in [1.54, 1.807) is 31.2 Å². The van der Waals surface area contributed by atoms with Gasteiger partial charge in [-0.15, -0.1) is 11.5 Å². The van der Waals surface area contributed by atoms with E-state index in [4.69, 9.17) is 4.74 Å². The SMILES string of the molecule is CCCCCn1c(=O)[c-](C(=O)OCC)c(=O)c2ccccc21.[K+]. The fraction of sp³-hybridized carbons (Fsp3) is 0.412. The van der Waals surface area contributed by atoms with Crippen LogP contribution in [0.1, 0.15) is 43.5 Å². The molecular formula is C17H20KNO4. The summed E-state index contributed by atoms with van der Waals surface area (Å²) in [6, 6.07) is 6.87. The summed E-state index contributed by atoms with van der Waals surface area (Å²) in [5, 5.41) is 0.377. The van der Waals surface area contributed by atoms with Gasteiger partial charge in [-0.1, -0.05) is 38.0 Å². The van der Waals surface area contributed by atoms with Crippen LogP contribution < -0.4 is 62.4 Å². The van der Waals surface area contributed by atoms with Crippen LogP contribution in [-0.4, -0.2) is 17.1 Å². The zero-order chi connectivity index (χ0) is 16.1. The number of hydrogen-bond acceptors (Lipinski definition) is 4. The van der Waals surface area contributed by atoms with Gasteiger partial charge < -0.3 is 14.1 Å². The molecule has 0 unspecified atom stereocenters. The van der Waals surface area contributed by atoms with Crippen molar-refractivity contribution < 1.29 is 60.9 Å². The molecule has 1 aromatic carbocycles. The average molecular weight is 341 g/mol. The van der Waals surface area contributed by atoms with E-state index in [2.05, 4.69) is 6.92 Å². The first-order valence-electron chi connectivity index (χ1n) is 7.61. The largest absolute Gasteiger partial charge is 1.00 e. The Morgan fingerprint density at radius 2 is 1.87 bits per heavy atom. The molecule has 1 heterocycles. The molecule has 0 aliphatic rings. The number of ether oxygens (including phenoxy) is 1. The summed E-state index contributed by atoms with van der Waals surface area (Å²) in [7, 11) is 0. The van der Waals surface area contributed by atoms with Crippen LogP contribution in [0.15, 0.2) is 33.9 Å². The third-order valence-electron chi connectivity index (χ3n) is 3.59. The minimum Gasteiger partial charge on any atom is -0.476 e. The second-order valence-electron chi connectivity index (χ2n) is 5.11. The van der Waals surface area contributed by atoms with E-state index in [1.807, 2.05) is 0 Å². The third kappa shape index (κ3) is 4.45. The fourth-order valence-corrected chi connectivity index (χ4v) is 2.50. The van der Waals surface area contributed by atoms with Gasteiger partial charge in [-0.05, 0) is 18.9 Å². The average Bonchev–Trinajstić information content (AvgIpc) is 2.51. The van der Waals surface area contributed by atoms with Crippen molar-refractivity contribution in [3.05, 3.63) is 50.4 Å². The fourth-order valence-electron chi connectivity index (χ4n) is 2.50. The van der Waals surface area contributed by atoms with Crippen LogP contribution in [0.25, 0.3) is 10.9 Å². The van der Waals surface area contributed by atoms with E-state index in [1.165, 1.54) is 4.57 Å². The molecular weight excluding hydrogens is 321 g/mol. The number of unbranched alkanes of at least 4 members (excludes halogenated alkanes) is 2. The van der Waals surface area contributed by atoms with Crippen molar-refractivity contribution in [1.29, 1.82) is 0 Å². The molecule has 0 radical (unpaired) electrons. The van der Waals surface area contributed by atoms with E-state index in [-0.39, 0.29) is 58.0 Å². The minimum atomic E-state index is -0.840. The number of carbonyl (C=O) groups is 1. The predicted molar refractivity (Wildman–Crippen MR) is 85.6 cm³/mol. The molecule has 0 bridgehead atoms. The Morgan fingerprint density at radius 3 is 2.52 bits per heavy atom. The van der Waals surface area contributed by atoms with Gasteiger partial charge >= 0.3 is 51.4 Å². The molecule has 0 amide bonds. The van der Waals surface area contributed by atoms with Crippen LogP contribution in [0.3, 0.4) is 0 Å². The molecule has 1 aromatic heterocycles. The second kappa shape index (κ2) is 9.59. The maximum atomic E-state index is 12.6. The molecule has 5 nitrogen and oxygen atoms in total. The number of fused-ring (bicyclic) bond motifs is 1. The number of aryl methyl sites for hydroxylation is 1. The summed E-state index contributed by atoms with van der Waals surface area (Å²) < 4.78 is 6.38. The van der Waals surface area contributed by atoms with Crippen molar-refractivity contribution in [2.45, 2.75) is 39.7 Å². The molecule has 118 valence electrons. The molecule has 2 aromatic rings. The van der Waals surface area contributed by atoms with E-state index < -0.39 is 22.5 Å². The molecule has 0 fully saturated rings. The molecule has 0 saturated heterocycles. The molecule has 0 aliphatic carbocycles. The van der Waals surface area contributed by atoms with E-state index in [0.29, 0.717) is 17.4 Å². The second-order valence-corrected chi connectivity index (χ2v) is 5.11. The summed E-state index contributed by atoms with van der Waals surface area (Å²) in [6.07, 6.45) is 2.83. The molecule has 2 rings (SSSR count). The summed E-state index contributed by atoms with van der Waals surface area (Å²) in [5.74, 6) is -0.840. The Hall–Kier alpha value is -0.664. The summed E-state index contributed by atoms with van der Waals surface area (Å²) in [4.78, 5) is 37.0. The van der Waals surface area contributed by atoms with Crippen molar-refractivity contribution in [2.75, 3.05) is 6.61 Å². The number of carbonyl (C=O) groups excluding carboxylic acids is 1. The van der Waals surface area contributed by atoms with Crippen molar-refractivity contribution in [1.82, 2.24) is 4.57 Å². The van der Waals surface area contributed by atoms with Gasteiger partial charge in [0.05, 0.1) is 6.61 Å². The topological polar surface area (TPSA) is 65.4 Å². The normalized spacial score (nSPS) is 10.3. The van der Waals surface area contributed by atoms with E-state index >= 15 is 0 Å². The van der Waals surface area contributed by atoms with E-state index in [9.17, 15) is 14.4 Å². The van der Waals surface area contributed by atoms with Crippen molar-refractivity contribution >= 4 is 16.9 Å². The van der Waals surface area contributed by atoms with Gasteiger partial charge in [-0.2, -0.15) is 0 Å². The Morgan fingerprint density at radius 1 is 1.17 bits per heavy atom. The van der Waals surface area contributed by atoms with Crippen molar-refractivity contribution in [3.63, 3.8) is 0 Å². The number of pyridine rings is 1. The van der Waals surface area contributed by atoms with Crippen LogP contribution in [0.5, 0.6) is 0 Å². The van der Waals surface area contributed by atoms with Crippen molar-refractivity contribution in [3.8, 4) is 0 Å². The molecule has 0 spiro atoms. The van der Waals surface area contributed by atoms with Gasteiger partial charge in [0.2, 0.25) is 0 Å². The Balaban J connectivity index is 0.00000264. The summed E-state index contributed by atoms with van der Waals surface area (Å²) in [6.45, 7) is 4.33. The zero-order valence-corrected chi connectivity index (χ0v) is 17.0. The number of benzene rings is 1. The first kappa shape index (κ1) is 20.4. The van der Waals surface area contributed by atoms with Crippen LogP contribution in [0.4, 0.5) is 0 Å². The number of esters is 1. The Kier molecular flexibility index (Phi) is 8.50. The maximum Gasteiger partial charge on any atom is 1.00 e. The van der Waals surface area contributed by atoms with Gasteiger partial charge in [-0.3, -0.25) is 9.59 Å². The van der Waals surface area contributed by atoms with Crippen LogP contribution in [-0.2, 0) is 11.3 Å². The smallest absolute Gasteiger partial charge is 0.476 e.